The van der Waals surface area contributed by atoms with Crippen molar-refractivity contribution in [2.24, 2.45) is 0 Å². The van der Waals surface area contributed by atoms with Crippen molar-refractivity contribution < 1.29 is 22.8 Å². The quantitative estimate of drug-likeness (QED) is 0.927. The van der Waals surface area contributed by atoms with Gasteiger partial charge in [-0.3, -0.25) is 9.59 Å². The van der Waals surface area contributed by atoms with Gasteiger partial charge in [0.15, 0.2) is 0 Å². The lowest BCUT2D eigenvalue weighted by atomic mass is 10.1. The molecule has 0 radical (unpaired) electrons. The van der Waals surface area contributed by atoms with E-state index in [1.54, 1.807) is 6.92 Å². The van der Waals surface area contributed by atoms with Crippen molar-refractivity contribution in [2.45, 2.75) is 38.5 Å². The molecule has 1 aromatic carbocycles. The van der Waals surface area contributed by atoms with Gasteiger partial charge in [0.2, 0.25) is 11.8 Å². The lowest BCUT2D eigenvalue weighted by molar-refractivity contribution is -0.139. The second-order valence-electron chi connectivity index (χ2n) is 5.25. The van der Waals surface area contributed by atoms with E-state index in [0.717, 1.165) is 6.07 Å². The molecule has 0 aliphatic carbocycles. The Bertz CT molecular complexity index is 572. The highest BCUT2D eigenvalue weighted by atomic mass is 19.4. The molecule has 1 N–H and O–H groups in total. The summed E-state index contributed by atoms with van der Waals surface area (Å²) in [5, 5.41) is 2.70. The predicted octanol–water partition coefficient (Wildman–Crippen LogP) is 2.33. The zero-order valence-electron chi connectivity index (χ0n) is 12.1. The minimum absolute atomic E-state index is 0.0609. The third-order valence-corrected chi connectivity index (χ3v) is 3.58. The molecule has 2 rings (SSSR count). The number of nitrogens with one attached hydrogen (secondary N) is 1. The maximum Gasteiger partial charge on any atom is 0.416 e. The number of hydrogen-bond acceptors (Lipinski definition) is 2. The number of alkyl halides is 3. The third kappa shape index (κ3) is 3.78. The monoisotopic (exact) mass is 314 g/mol. The molecule has 1 heterocycles. The average molecular weight is 314 g/mol. The molecular weight excluding hydrogens is 297 g/mol. The normalized spacial score (nSPS) is 18.6. The highest BCUT2D eigenvalue weighted by Crippen LogP contribution is 2.32. The number of nitrogens with zero attached hydrogens (tertiary/aromatic N) is 1. The lowest BCUT2D eigenvalue weighted by Gasteiger charge is -2.20. The summed E-state index contributed by atoms with van der Waals surface area (Å²) >= 11 is 0. The number of benzene rings is 1. The molecule has 22 heavy (non-hydrogen) atoms. The molecule has 1 saturated heterocycles. The molecule has 4 nitrogen and oxygen atoms in total. The summed E-state index contributed by atoms with van der Waals surface area (Å²) in [5.74, 6) is -0.422. The Kier molecular flexibility index (Phi) is 4.73. The van der Waals surface area contributed by atoms with Crippen LogP contribution in [-0.4, -0.2) is 29.3 Å². The first-order chi connectivity index (χ1) is 10.3. The van der Waals surface area contributed by atoms with Crippen LogP contribution in [0.1, 0.15) is 30.9 Å². The van der Waals surface area contributed by atoms with Crippen LogP contribution in [0, 0.1) is 0 Å². The van der Waals surface area contributed by atoms with Crippen molar-refractivity contribution in [1.29, 1.82) is 0 Å². The van der Waals surface area contributed by atoms with E-state index in [-0.39, 0.29) is 42.9 Å². The number of likely N-dealkylation sites (tertiary alicyclic amines) is 1. The third-order valence-electron chi connectivity index (χ3n) is 3.58. The van der Waals surface area contributed by atoms with Gasteiger partial charge in [0, 0.05) is 25.9 Å². The summed E-state index contributed by atoms with van der Waals surface area (Å²) in [7, 11) is 0. The fourth-order valence-electron chi connectivity index (χ4n) is 2.49. The van der Waals surface area contributed by atoms with E-state index in [0.29, 0.717) is 6.42 Å². The Morgan fingerprint density at radius 3 is 2.68 bits per heavy atom. The Morgan fingerprint density at radius 2 is 2.05 bits per heavy atom. The molecule has 0 bridgehead atoms. The fraction of sp³-hybridized carbons (Fsp3) is 0.467. The van der Waals surface area contributed by atoms with Crippen molar-refractivity contribution in [3.8, 4) is 0 Å². The van der Waals surface area contributed by atoms with Gasteiger partial charge in [0.05, 0.1) is 11.6 Å². The summed E-state index contributed by atoms with van der Waals surface area (Å²) in [4.78, 5) is 24.6. The molecule has 7 heteroatoms. The molecule has 1 aliphatic rings. The van der Waals surface area contributed by atoms with Gasteiger partial charge in [0.25, 0.3) is 0 Å². The molecular formula is C15H17F3N2O2. The van der Waals surface area contributed by atoms with Gasteiger partial charge in [-0.2, -0.15) is 13.2 Å². The maximum absolute atomic E-state index is 13.0. The average Bonchev–Trinajstić information content (AvgIpc) is 2.78. The summed E-state index contributed by atoms with van der Waals surface area (Å²) < 4.78 is 38.9. The van der Waals surface area contributed by atoms with Gasteiger partial charge in [-0.1, -0.05) is 25.1 Å². The molecule has 0 spiro atoms. The first-order valence-electron chi connectivity index (χ1n) is 7.03. The summed E-state index contributed by atoms with van der Waals surface area (Å²) in [6.07, 6.45) is -4.02. The molecule has 1 atom stereocenters. The second-order valence-corrected chi connectivity index (χ2v) is 5.25. The summed E-state index contributed by atoms with van der Waals surface area (Å²) in [6, 6.07) is 4.88. The van der Waals surface area contributed by atoms with Gasteiger partial charge in [-0.25, -0.2) is 0 Å². The van der Waals surface area contributed by atoms with Crippen LogP contribution in [0.4, 0.5) is 13.2 Å². The first kappa shape index (κ1) is 16.3. The maximum atomic E-state index is 13.0. The van der Waals surface area contributed by atoms with Crippen LogP contribution in [0.15, 0.2) is 24.3 Å². The zero-order valence-corrected chi connectivity index (χ0v) is 12.1. The minimum atomic E-state index is -4.45. The number of rotatable bonds is 4. The van der Waals surface area contributed by atoms with Crippen molar-refractivity contribution in [3.05, 3.63) is 35.4 Å². The Labute approximate surface area is 126 Å². The topological polar surface area (TPSA) is 49.4 Å². The fourth-order valence-corrected chi connectivity index (χ4v) is 2.49. The number of amides is 2. The van der Waals surface area contributed by atoms with Crippen molar-refractivity contribution in [1.82, 2.24) is 10.2 Å². The van der Waals surface area contributed by atoms with Crippen LogP contribution in [0.3, 0.4) is 0 Å². The number of carbonyl (C=O) groups excluding carboxylic acids is 2. The van der Waals surface area contributed by atoms with E-state index in [4.69, 9.17) is 0 Å². The van der Waals surface area contributed by atoms with Crippen LogP contribution >= 0.6 is 0 Å². The van der Waals surface area contributed by atoms with Gasteiger partial charge in [-0.15, -0.1) is 0 Å². The highest BCUT2D eigenvalue weighted by Gasteiger charge is 2.35. The molecule has 0 aromatic heterocycles. The minimum Gasteiger partial charge on any atom is -0.351 e. The number of hydrogen-bond donors (Lipinski definition) is 1. The zero-order chi connectivity index (χ0) is 16.3. The van der Waals surface area contributed by atoms with E-state index in [2.05, 4.69) is 5.32 Å². The molecule has 1 unspecified atom stereocenters. The Balaban J connectivity index is 2.09. The standard InChI is InChI=1S/C15H17F3N2O2/c1-2-13(21)19-11-7-14(22)20(9-11)8-10-5-3-4-6-12(10)15(16,17)18/h3-6,11H,2,7-9H2,1H3,(H,19,21). The number of carbonyl (C=O) groups is 2. The van der Waals surface area contributed by atoms with Crippen molar-refractivity contribution >= 4 is 11.8 Å². The first-order valence-corrected chi connectivity index (χ1v) is 7.03. The SMILES string of the molecule is CCC(=O)NC1CC(=O)N(Cc2ccccc2C(F)(F)F)C1. The number of halogens is 3. The van der Waals surface area contributed by atoms with Crippen LogP contribution in [0.5, 0.6) is 0 Å². The summed E-state index contributed by atoms with van der Waals surface area (Å²) in [6.45, 7) is 1.83. The molecule has 120 valence electrons. The van der Waals surface area contributed by atoms with Gasteiger partial charge < -0.3 is 10.2 Å². The predicted molar refractivity (Wildman–Crippen MR) is 73.7 cm³/mol. The van der Waals surface area contributed by atoms with E-state index in [1.165, 1.54) is 23.1 Å². The van der Waals surface area contributed by atoms with Gasteiger partial charge in [-0.05, 0) is 11.6 Å². The molecule has 0 saturated carbocycles. The van der Waals surface area contributed by atoms with Gasteiger partial charge >= 0.3 is 6.18 Å². The van der Waals surface area contributed by atoms with E-state index in [1.807, 2.05) is 0 Å². The molecule has 2 amide bonds. The highest BCUT2D eigenvalue weighted by molar-refractivity contribution is 5.82. The van der Waals surface area contributed by atoms with E-state index >= 15 is 0 Å². The second kappa shape index (κ2) is 6.37. The Morgan fingerprint density at radius 1 is 1.36 bits per heavy atom. The van der Waals surface area contributed by atoms with Crippen molar-refractivity contribution in [2.75, 3.05) is 6.54 Å². The van der Waals surface area contributed by atoms with Crippen LogP contribution in [-0.2, 0) is 22.3 Å². The smallest absolute Gasteiger partial charge is 0.351 e. The largest absolute Gasteiger partial charge is 0.416 e. The van der Waals surface area contributed by atoms with Crippen molar-refractivity contribution in [3.63, 3.8) is 0 Å². The van der Waals surface area contributed by atoms with Gasteiger partial charge in [0.1, 0.15) is 0 Å². The van der Waals surface area contributed by atoms with Crippen LogP contribution in [0.25, 0.3) is 0 Å². The van der Waals surface area contributed by atoms with E-state index < -0.39 is 11.7 Å². The lowest BCUT2D eigenvalue weighted by Crippen LogP contribution is -2.36. The van der Waals surface area contributed by atoms with E-state index in [9.17, 15) is 22.8 Å². The molecule has 1 aliphatic heterocycles. The molecule has 1 aromatic rings. The Hall–Kier alpha value is -2.05. The van der Waals surface area contributed by atoms with Crippen LogP contribution < -0.4 is 5.32 Å². The van der Waals surface area contributed by atoms with Crippen LogP contribution in [0.2, 0.25) is 0 Å². The summed E-state index contributed by atoms with van der Waals surface area (Å²) in [5.41, 5.74) is -0.672. The molecule has 1 fully saturated rings.